The Kier molecular flexibility index (Phi) is 6.37. The van der Waals surface area contributed by atoms with Gasteiger partial charge in [0.05, 0.1) is 24.0 Å². The van der Waals surface area contributed by atoms with Crippen molar-refractivity contribution in [3.63, 3.8) is 0 Å². The van der Waals surface area contributed by atoms with Gasteiger partial charge in [-0.15, -0.1) is 11.3 Å². The molecule has 4 aromatic rings. The highest BCUT2D eigenvalue weighted by Gasteiger charge is 2.29. The van der Waals surface area contributed by atoms with Crippen LogP contribution in [-0.4, -0.2) is 33.2 Å². The second-order valence-corrected chi connectivity index (χ2v) is 9.18. The van der Waals surface area contributed by atoms with Crippen molar-refractivity contribution in [2.75, 3.05) is 19.0 Å². The molecule has 0 aliphatic carbocycles. The molecule has 0 radical (unpaired) electrons. The number of halogens is 3. The molecule has 0 amide bonds. The zero-order chi connectivity index (χ0) is 23.8. The topological polar surface area (TPSA) is 74.1 Å². The molecule has 178 valence electrons. The predicted octanol–water partition coefficient (Wildman–Crippen LogP) is 6.91. The van der Waals surface area contributed by atoms with Gasteiger partial charge >= 0.3 is 0 Å². The van der Waals surface area contributed by atoms with Crippen molar-refractivity contribution >= 4 is 45.5 Å². The molecule has 0 saturated carbocycles. The second kappa shape index (κ2) is 9.44. The van der Waals surface area contributed by atoms with Crippen molar-refractivity contribution in [1.29, 1.82) is 0 Å². The van der Waals surface area contributed by atoms with E-state index in [4.69, 9.17) is 21.1 Å². The predicted molar refractivity (Wildman–Crippen MR) is 128 cm³/mol. The van der Waals surface area contributed by atoms with Gasteiger partial charge in [-0.3, -0.25) is 4.57 Å². The maximum Gasteiger partial charge on any atom is 0.295 e. The number of thiazole rings is 1. The standard InChI is InChI=1S/C23H22ClF2N5O2S/c1-12-11-34-23(27-12)13-6-5-7-14(19(13)32-2)28-15-10-16(24)29-21-18(15)30-22(20(25)26)31(21)17-8-3-4-9-33-17/h5-7,10-11,17,20H,3-4,8-9H2,1-2H3,(H,28,29). The molecule has 1 aliphatic heterocycles. The van der Waals surface area contributed by atoms with E-state index in [0.717, 1.165) is 29.1 Å². The normalized spacial score (nSPS) is 16.4. The molecular formula is C23H22ClF2N5O2S. The van der Waals surface area contributed by atoms with Crippen LogP contribution in [0.15, 0.2) is 29.6 Å². The number of pyridine rings is 1. The van der Waals surface area contributed by atoms with E-state index >= 15 is 0 Å². The van der Waals surface area contributed by atoms with Crippen LogP contribution in [0.1, 0.15) is 43.4 Å². The van der Waals surface area contributed by atoms with Gasteiger partial charge in [-0.1, -0.05) is 17.7 Å². The molecule has 4 heterocycles. The maximum atomic E-state index is 14.0. The Labute approximate surface area is 203 Å². The number of aromatic nitrogens is 4. The monoisotopic (exact) mass is 505 g/mol. The molecule has 1 fully saturated rings. The van der Waals surface area contributed by atoms with E-state index in [1.807, 2.05) is 30.5 Å². The number of hydrogen-bond acceptors (Lipinski definition) is 7. The zero-order valence-corrected chi connectivity index (χ0v) is 20.1. The number of para-hydroxylation sites is 1. The molecule has 1 atom stereocenters. The largest absolute Gasteiger partial charge is 0.494 e. The Bertz CT molecular complexity index is 1340. The number of nitrogens with zero attached hydrogens (tertiary/aromatic N) is 4. The first-order valence-electron chi connectivity index (χ1n) is 10.8. The number of benzene rings is 1. The van der Waals surface area contributed by atoms with Crippen LogP contribution in [0, 0.1) is 6.92 Å². The Morgan fingerprint density at radius 2 is 2.09 bits per heavy atom. The van der Waals surface area contributed by atoms with Crippen LogP contribution in [-0.2, 0) is 4.74 Å². The van der Waals surface area contributed by atoms with Crippen LogP contribution >= 0.6 is 22.9 Å². The lowest BCUT2D eigenvalue weighted by Crippen LogP contribution is -2.20. The summed E-state index contributed by atoms with van der Waals surface area (Å²) in [7, 11) is 1.57. The van der Waals surface area contributed by atoms with E-state index in [1.165, 1.54) is 15.9 Å². The van der Waals surface area contributed by atoms with Crippen molar-refractivity contribution in [3.8, 4) is 16.3 Å². The summed E-state index contributed by atoms with van der Waals surface area (Å²) in [6, 6.07) is 7.19. The molecule has 34 heavy (non-hydrogen) atoms. The lowest BCUT2D eigenvalue weighted by Gasteiger charge is -2.25. The van der Waals surface area contributed by atoms with E-state index in [1.54, 1.807) is 13.2 Å². The van der Waals surface area contributed by atoms with E-state index in [9.17, 15) is 8.78 Å². The van der Waals surface area contributed by atoms with E-state index in [2.05, 4.69) is 20.3 Å². The van der Waals surface area contributed by atoms with E-state index in [-0.39, 0.29) is 16.3 Å². The minimum Gasteiger partial charge on any atom is -0.494 e. The molecule has 1 N–H and O–H groups in total. The van der Waals surface area contributed by atoms with Gasteiger partial charge in [0.1, 0.15) is 21.9 Å². The molecule has 11 heteroatoms. The zero-order valence-electron chi connectivity index (χ0n) is 18.5. The number of hydrogen-bond donors (Lipinski definition) is 1. The molecule has 0 bridgehead atoms. The molecule has 1 aliphatic rings. The fraction of sp³-hybridized carbons (Fsp3) is 0.348. The number of aryl methyl sites for hydroxylation is 1. The van der Waals surface area contributed by atoms with Crippen molar-refractivity contribution in [2.45, 2.75) is 38.8 Å². The first-order chi connectivity index (χ1) is 16.5. The fourth-order valence-corrected chi connectivity index (χ4v) is 5.16. The summed E-state index contributed by atoms with van der Waals surface area (Å²) in [4.78, 5) is 13.2. The molecule has 5 rings (SSSR count). The number of anilines is 2. The fourth-order valence-electron chi connectivity index (χ4n) is 4.16. The van der Waals surface area contributed by atoms with Gasteiger partial charge < -0.3 is 14.8 Å². The summed E-state index contributed by atoms with van der Waals surface area (Å²) < 4.78 is 40.9. The number of alkyl halides is 2. The Balaban J connectivity index is 1.63. The van der Waals surface area contributed by atoms with Crippen LogP contribution in [0.4, 0.5) is 20.2 Å². The summed E-state index contributed by atoms with van der Waals surface area (Å²) in [5, 5.41) is 6.20. The van der Waals surface area contributed by atoms with Gasteiger partial charge in [0.25, 0.3) is 6.43 Å². The SMILES string of the molecule is COc1c(Nc2cc(Cl)nc3c2nc(C(F)F)n3C2CCCCO2)cccc1-c1nc(C)cs1. The molecule has 0 spiro atoms. The number of nitrogens with one attached hydrogen (secondary N) is 1. The lowest BCUT2D eigenvalue weighted by molar-refractivity contribution is -0.0363. The summed E-state index contributed by atoms with van der Waals surface area (Å²) in [5.74, 6) is 0.181. The van der Waals surface area contributed by atoms with Gasteiger partial charge in [-0.2, -0.15) is 0 Å². The first kappa shape index (κ1) is 22.9. The average molecular weight is 506 g/mol. The third-order valence-electron chi connectivity index (χ3n) is 5.62. The molecular weight excluding hydrogens is 484 g/mol. The van der Waals surface area contributed by atoms with E-state index in [0.29, 0.717) is 30.2 Å². The number of imidazole rings is 1. The van der Waals surface area contributed by atoms with Crippen LogP contribution in [0.5, 0.6) is 5.75 Å². The number of ether oxygens (including phenoxy) is 2. The summed E-state index contributed by atoms with van der Waals surface area (Å²) in [5.41, 5.74) is 3.33. The quantitative estimate of drug-likeness (QED) is 0.287. The smallest absolute Gasteiger partial charge is 0.295 e. The van der Waals surface area contributed by atoms with Crippen LogP contribution < -0.4 is 10.1 Å². The summed E-state index contributed by atoms with van der Waals surface area (Å²) in [6.45, 7) is 2.43. The van der Waals surface area contributed by atoms with Crippen molar-refractivity contribution in [2.24, 2.45) is 0 Å². The summed E-state index contributed by atoms with van der Waals surface area (Å²) >= 11 is 7.85. The third-order valence-corrected chi connectivity index (χ3v) is 6.81. The average Bonchev–Trinajstić information content (AvgIpc) is 3.43. The van der Waals surface area contributed by atoms with Crippen molar-refractivity contribution in [3.05, 3.63) is 46.3 Å². The van der Waals surface area contributed by atoms with Gasteiger partial charge in [0, 0.05) is 23.7 Å². The highest BCUT2D eigenvalue weighted by molar-refractivity contribution is 7.13. The Morgan fingerprint density at radius 3 is 2.76 bits per heavy atom. The van der Waals surface area contributed by atoms with Gasteiger partial charge in [-0.05, 0) is 38.3 Å². The number of methoxy groups -OCH3 is 1. The number of fused-ring (bicyclic) bond motifs is 1. The van der Waals surface area contributed by atoms with Crippen molar-refractivity contribution in [1.82, 2.24) is 19.5 Å². The highest BCUT2D eigenvalue weighted by Crippen LogP contribution is 2.41. The molecule has 1 unspecified atom stereocenters. The maximum absolute atomic E-state index is 14.0. The minimum absolute atomic E-state index is 0.151. The van der Waals surface area contributed by atoms with Crippen molar-refractivity contribution < 1.29 is 18.3 Å². The van der Waals surface area contributed by atoms with Crippen LogP contribution in [0.25, 0.3) is 21.7 Å². The molecule has 1 saturated heterocycles. The van der Waals surface area contributed by atoms with Gasteiger partial charge in [-0.25, -0.2) is 23.7 Å². The van der Waals surface area contributed by atoms with Gasteiger partial charge in [0.2, 0.25) is 0 Å². The molecule has 7 nitrogen and oxygen atoms in total. The second-order valence-electron chi connectivity index (χ2n) is 7.93. The minimum atomic E-state index is -2.79. The van der Waals surface area contributed by atoms with Crippen LogP contribution in [0.2, 0.25) is 5.15 Å². The van der Waals surface area contributed by atoms with E-state index < -0.39 is 18.5 Å². The molecule has 3 aromatic heterocycles. The van der Waals surface area contributed by atoms with Gasteiger partial charge in [0.15, 0.2) is 17.2 Å². The highest BCUT2D eigenvalue weighted by atomic mass is 35.5. The summed E-state index contributed by atoms with van der Waals surface area (Å²) in [6.07, 6.45) is -0.988. The molecule has 1 aromatic carbocycles. The first-order valence-corrected chi connectivity index (χ1v) is 12.1. The number of rotatable bonds is 6. The third kappa shape index (κ3) is 4.21. The Hall–Kier alpha value is -2.82. The lowest BCUT2D eigenvalue weighted by atomic mass is 10.1. The Morgan fingerprint density at radius 1 is 1.24 bits per heavy atom. The van der Waals surface area contributed by atoms with Crippen LogP contribution in [0.3, 0.4) is 0 Å².